The molecule has 4 rings (SSSR count). The van der Waals surface area contributed by atoms with Crippen LogP contribution in [0.5, 0.6) is 0 Å². The number of anilines is 2. The highest BCUT2D eigenvalue weighted by atomic mass is 19.1. The van der Waals surface area contributed by atoms with Crippen molar-refractivity contribution in [3.63, 3.8) is 0 Å². The van der Waals surface area contributed by atoms with Crippen molar-refractivity contribution < 1.29 is 18.4 Å². The fraction of sp³-hybridized carbons (Fsp3) is 0.208. The van der Waals surface area contributed by atoms with E-state index in [-0.39, 0.29) is 29.6 Å². The van der Waals surface area contributed by atoms with E-state index in [0.29, 0.717) is 42.0 Å². The number of carbonyl (C=O) groups is 2. The lowest BCUT2D eigenvalue weighted by atomic mass is 9.77. The number of nitrogens with zero attached hydrogens (tertiary/aromatic N) is 1. The number of carbonyl (C=O) groups excluding carboxylic acids is 2. The molecule has 0 radical (unpaired) electrons. The maximum absolute atomic E-state index is 13.5. The molecule has 2 aromatic rings. The van der Waals surface area contributed by atoms with Crippen LogP contribution in [0, 0.1) is 11.6 Å². The number of nitrogens with two attached hydrogens (primary N) is 2. The molecule has 1 aliphatic heterocycles. The van der Waals surface area contributed by atoms with Crippen molar-refractivity contribution >= 4 is 29.1 Å². The van der Waals surface area contributed by atoms with E-state index in [4.69, 9.17) is 11.5 Å². The maximum Gasteiger partial charge on any atom is 0.258 e. The van der Waals surface area contributed by atoms with Crippen molar-refractivity contribution in [2.45, 2.75) is 24.8 Å². The minimum Gasteiger partial charge on any atom is -0.374 e. The van der Waals surface area contributed by atoms with E-state index in [1.165, 1.54) is 24.3 Å². The Morgan fingerprint density at radius 1 is 0.971 bits per heavy atom. The number of hydrogen-bond donors (Lipinski definition) is 5. The molecule has 7 N–H and O–H groups in total. The van der Waals surface area contributed by atoms with Crippen LogP contribution in [-0.2, 0) is 9.59 Å². The van der Waals surface area contributed by atoms with Gasteiger partial charge in [-0.15, -0.1) is 0 Å². The minimum atomic E-state index is -0.897. The monoisotopic (exact) mass is 466 g/mol. The molecular formula is C24H24F2N6O2. The van der Waals surface area contributed by atoms with E-state index in [0.717, 1.165) is 0 Å². The van der Waals surface area contributed by atoms with E-state index >= 15 is 0 Å². The summed E-state index contributed by atoms with van der Waals surface area (Å²) in [7, 11) is 0. The lowest BCUT2D eigenvalue weighted by Gasteiger charge is -2.41. The molecule has 1 unspecified atom stereocenters. The second-order valence-electron chi connectivity index (χ2n) is 8.17. The Bertz CT molecular complexity index is 1200. The van der Waals surface area contributed by atoms with Gasteiger partial charge in [0, 0.05) is 35.6 Å². The van der Waals surface area contributed by atoms with Gasteiger partial charge in [0.2, 0.25) is 0 Å². The van der Waals surface area contributed by atoms with Gasteiger partial charge in [0.15, 0.2) is 5.96 Å². The summed E-state index contributed by atoms with van der Waals surface area (Å²) in [5.41, 5.74) is 12.4. The summed E-state index contributed by atoms with van der Waals surface area (Å²) in [5.74, 6) is -1.74. The first-order valence-corrected chi connectivity index (χ1v) is 10.7. The zero-order chi connectivity index (χ0) is 24.3. The summed E-state index contributed by atoms with van der Waals surface area (Å²) in [5, 5.41) is 9.04. The predicted molar refractivity (Wildman–Crippen MR) is 126 cm³/mol. The molecule has 1 atom stereocenters. The molecule has 10 heteroatoms. The molecule has 2 aliphatic rings. The first kappa shape index (κ1) is 23.0. The highest BCUT2D eigenvalue weighted by Crippen LogP contribution is 2.41. The third-order valence-corrected chi connectivity index (χ3v) is 5.76. The summed E-state index contributed by atoms with van der Waals surface area (Å²) in [6.45, 7) is 0.343. The molecule has 34 heavy (non-hydrogen) atoms. The van der Waals surface area contributed by atoms with E-state index in [2.05, 4.69) is 20.9 Å². The molecular weight excluding hydrogens is 442 g/mol. The molecule has 0 fully saturated rings. The highest BCUT2D eigenvalue weighted by molar-refractivity contribution is 6.21. The average Bonchev–Trinajstić information content (AvgIpc) is 3.07. The number of benzene rings is 2. The molecule has 0 saturated heterocycles. The zero-order valence-electron chi connectivity index (χ0n) is 18.2. The summed E-state index contributed by atoms with van der Waals surface area (Å²) < 4.78 is 27.0. The molecule has 2 aromatic carbocycles. The Morgan fingerprint density at radius 3 is 2.21 bits per heavy atom. The molecule has 1 heterocycles. The van der Waals surface area contributed by atoms with Crippen LogP contribution in [0.2, 0.25) is 0 Å². The van der Waals surface area contributed by atoms with Crippen molar-refractivity contribution in [1.82, 2.24) is 5.32 Å². The van der Waals surface area contributed by atoms with Gasteiger partial charge < -0.3 is 22.1 Å². The topological polar surface area (TPSA) is 135 Å². The third kappa shape index (κ3) is 4.90. The predicted octanol–water partition coefficient (Wildman–Crippen LogP) is 2.52. The quantitative estimate of drug-likeness (QED) is 0.176. The largest absolute Gasteiger partial charge is 0.374 e. The normalized spacial score (nSPS) is 19.3. The third-order valence-electron chi connectivity index (χ3n) is 5.76. The number of guanidine groups is 1. The maximum atomic E-state index is 13.5. The first-order chi connectivity index (χ1) is 16.3. The van der Waals surface area contributed by atoms with Gasteiger partial charge in [-0.2, -0.15) is 0 Å². The Hall–Kier alpha value is -4.21. The number of amides is 2. The van der Waals surface area contributed by atoms with Gasteiger partial charge in [0.1, 0.15) is 11.6 Å². The van der Waals surface area contributed by atoms with Crippen LogP contribution in [0.25, 0.3) is 0 Å². The van der Waals surface area contributed by atoms with Gasteiger partial charge >= 0.3 is 0 Å². The SMILES string of the molecule is NC(N)=NCCCC1(Nc2ccc(F)cc2)CC2=C(C=C1Nc1ccc(F)cc1)C(=O)NC2=O. The first-order valence-electron chi connectivity index (χ1n) is 10.7. The summed E-state index contributed by atoms with van der Waals surface area (Å²) >= 11 is 0. The lowest BCUT2D eigenvalue weighted by Crippen LogP contribution is -2.46. The fourth-order valence-electron chi connectivity index (χ4n) is 4.15. The van der Waals surface area contributed by atoms with Gasteiger partial charge in [-0.05, 0) is 67.4 Å². The smallest absolute Gasteiger partial charge is 0.258 e. The molecule has 0 spiro atoms. The van der Waals surface area contributed by atoms with Gasteiger partial charge in [-0.1, -0.05) is 0 Å². The Kier molecular flexibility index (Phi) is 6.31. The molecule has 8 nitrogen and oxygen atoms in total. The van der Waals surface area contributed by atoms with Crippen LogP contribution in [-0.4, -0.2) is 29.9 Å². The standard InChI is InChI=1S/C24H24F2N6O2/c25-14-2-6-16(7-3-14)30-20-12-18-19(22(34)31-21(18)33)13-24(20,10-1-11-29-23(27)28)32-17-8-4-15(26)5-9-17/h2-9,12,30,32H,1,10-11,13H2,(H4,27,28,29)(H,31,33,34). The summed E-state index contributed by atoms with van der Waals surface area (Å²) in [6, 6.07) is 11.6. The van der Waals surface area contributed by atoms with E-state index in [1.54, 1.807) is 30.3 Å². The van der Waals surface area contributed by atoms with E-state index in [9.17, 15) is 18.4 Å². The van der Waals surface area contributed by atoms with Crippen molar-refractivity contribution in [2.24, 2.45) is 16.5 Å². The van der Waals surface area contributed by atoms with E-state index in [1.807, 2.05) is 0 Å². The Labute approximate surface area is 194 Å². The van der Waals surface area contributed by atoms with Crippen LogP contribution >= 0.6 is 0 Å². The molecule has 0 saturated carbocycles. The molecule has 1 aliphatic carbocycles. The van der Waals surface area contributed by atoms with Gasteiger partial charge in [0.05, 0.1) is 11.1 Å². The number of rotatable bonds is 8. The fourth-order valence-corrected chi connectivity index (χ4v) is 4.15. The van der Waals surface area contributed by atoms with Crippen molar-refractivity contribution in [3.8, 4) is 0 Å². The number of imide groups is 1. The van der Waals surface area contributed by atoms with Crippen LogP contribution in [0.4, 0.5) is 20.2 Å². The van der Waals surface area contributed by atoms with Crippen molar-refractivity contribution in [2.75, 3.05) is 17.2 Å². The van der Waals surface area contributed by atoms with Crippen LogP contribution in [0.3, 0.4) is 0 Å². The Balaban J connectivity index is 1.76. The molecule has 176 valence electrons. The van der Waals surface area contributed by atoms with Gasteiger partial charge in [-0.25, -0.2) is 8.78 Å². The second kappa shape index (κ2) is 9.34. The zero-order valence-corrected chi connectivity index (χ0v) is 18.2. The number of hydrogen-bond acceptors (Lipinski definition) is 5. The average molecular weight is 466 g/mol. The van der Waals surface area contributed by atoms with Crippen LogP contribution in [0.1, 0.15) is 19.3 Å². The molecule has 2 amide bonds. The van der Waals surface area contributed by atoms with Crippen molar-refractivity contribution in [1.29, 1.82) is 0 Å². The van der Waals surface area contributed by atoms with E-state index < -0.39 is 17.4 Å². The van der Waals surface area contributed by atoms with Crippen molar-refractivity contribution in [3.05, 3.63) is 83.1 Å². The lowest BCUT2D eigenvalue weighted by molar-refractivity contribution is -0.124. The molecule has 0 aromatic heterocycles. The van der Waals surface area contributed by atoms with Crippen LogP contribution in [0.15, 0.2) is 76.4 Å². The highest BCUT2D eigenvalue weighted by Gasteiger charge is 2.44. The summed E-state index contributed by atoms with van der Waals surface area (Å²) in [6.07, 6.45) is 2.80. The molecule has 0 bridgehead atoms. The van der Waals surface area contributed by atoms with Gasteiger partial charge in [-0.3, -0.25) is 19.9 Å². The minimum absolute atomic E-state index is 0.0323. The number of aliphatic imine (C=N–C) groups is 1. The second-order valence-corrected chi connectivity index (χ2v) is 8.17. The van der Waals surface area contributed by atoms with Crippen LogP contribution < -0.4 is 27.4 Å². The van der Waals surface area contributed by atoms with Gasteiger partial charge in [0.25, 0.3) is 11.8 Å². The number of nitrogens with one attached hydrogen (secondary N) is 3. The number of halogens is 2. The summed E-state index contributed by atoms with van der Waals surface area (Å²) in [4.78, 5) is 28.9. The Morgan fingerprint density at radius 2 is 1.59 bits per heavy atom.